The number of carbonyl (C=O) groups is 3. The van der Waals surface area contributed by atoms with Gasteiger partial charge in [0.1, 0.15) is 11.8 Å². The van der Waals surface area contributed by atoms with E-state index in [2.05, 4.69) is 16.2 Å². The van der Waals surface area contributed by atoms with Gasteiger partial charge in [-0.1, -0.05) is 48.5 Å². The monoisotopic (exact) mass is 437 g/mol. The average Bonchev–Trinajstić information content (AvgIpc) is 3.31. The third kappa shape index (κ3) is 6.97. The van der Waals surface area contributed by atoms with Crippen molar-refractivity contribution in [2.45, 2.75) is 19.4 Å². The molecule has 8 heteroatoms. The molecule has 0 aliphatic heterocycles. The Labute approximate surface area is 184 Å². The van der Waals surface area contributed by atoms with Crippen LogP contribution in [-0.2, 0) is 16.0 Å². The van der Waals surface area contributed by atoms with E-state index >= 15 is 0 Å². The lowest BCUT2D eigenvalue weighted by Gasteiger charge is -2.18. The van der Waals surface area contributed by atoms with Gasteiger partial charge < -0.3 is 10.1 Å². The predicted molar refractivity (Wildman–Crippen MR) is 119 cm³/mol. The minimum absolute atomic E-state index is 0.255. The summed E-state index contributed by atoms with van der Waals surface area (Å²) in [6.07, 6.45) is 0.277. The highest BCUT2D eigenvalue weighted by molar-refractivity contribution is 7.12. The second kappa shape index (κ2) is 10.9. The third-order valence-corrected chi connectivity index (χ3v) is 5.20. The standard InChI is InChI=1S/C23H23N3O4S/c1-16-7-5-10-18(13-16)30-15-21(27)25-26-22(28)19(14-17-8-3-2-4-9-17)24-23(29)20-11-6-12-31-20/h2-13,19H,14-15H2,1H3,(H,24,29)(H,25,27)(H,26,28)/t19-/m0/s1. The van der Waals surface area contributed by atoms with Crippen molar-refractivity contribution in [3.8, 4) is 5.75 Å². The van der Waals surface area contributed by atoms with Crippen LogP contribution in [0.4, 0.5) is 0 Å². The van der Waals surface area contributed by atoms with Crippen molar-refractivity contribution in [3.05, 3.63) is 88.1 Å². The van der Waals surface area contributed by atoms with E-state index in [-0.39, 0.29) is 18.9 Å². The number of hydrogen-bond acceptors (Lipinski definition) is 5. The second-order valence-electron chi connectivity index (χ2n) is 6.84. The Hall–Kier alpha value is -3.65. The SMILES string of the molecule is Cc1cccc(OCC(=O)NNC(=O)[C@H](Cc2ccccc2)NC(=O)c2cccs2)c1. The predicted octanol–water partition coefficient (Wildman–Crippen LogP) is 2.62. The molecule has 1 atom stereocenters. The molecule has 0 bridgehead atoms. The number of aryl methyl sites for hydroxylation is 1. The molecule has 0 saturated heterocycles. The fraction of sp³-hybridized carbons (Fsp3) is 0.174. The van der Waals surface area contributed by atoms with Crippen LogP contribution < -0.4 is 20.9 Å². The van der Waals surface area contributed by atoms with Crippen molar-refractivity contribution in [3.63, 3.8) is 0 Å². The minimum atomic E-state index is -0.866. The van der Waals surface area contributed by atoms with Gasteiger partial charge in [0, 0.05) is 6.42 Å². The number of rotatable bonds is 8. The molecule has 2 aromatic carbocycles. The van der Waals surface area contributed by atoms with E-state index in [0.717, 1.165) is 11.1 Å². The Morgan fingerprint density at radius 1 is 0.968 bits per heavy atom. The molecule has 0 aliphatic rings. The molecule has 0 fully saturated rings. The van der Waals surface area contributed by atoms with Crippen molar-refractivity contribution in [2.24, 2.45) is 0 Å². The number of ether oxygens (including phenoxy) is 1. The number of amides is 3. The molecule has 3 N–H and O–H groups in total. The molecule has 0 aliphatic carbocycles. The summed E-state index contributed by atoms with van der Waals surface area (Å²) in [5.74, 6) is -0.831. The normalized spacial score (nSPS) is 11.3. The van der Waals surface area contributed by atoms with Gasteiger partial charge in [-0.25, -0.2) is 0 Å². The number of nitrogens with one attached hydrogen (secondary N) is 3. The summed E-state index contributed by atoms with van der Waals surface area (Å²) in [5.41, 5.74) is 6.59. The van der Waals surface area contributed by atoms with Gasteiger partial charge in [-0.15, -0.1) is 11.3 Å². The fourth-order valence-corrected chi connectivity index (χ4v) is 3.43. The smallest absolute Gasteiger partial charge is 0.276 e. The minimum Gasteiger partial charge on any atom is -0.484 e. The summed E-state index contributed by atoms with van der Waals surface area (Å²) in [5, 5.41) is 4.52. The summed E-state index contributed by atoms with van der Waals surface area (Å²) in [6.45, 7) is 1.67. The van der Waals surface area contributed by atoms with Gasteiger partial charge in [0.2, 0.25) is 0 Å². The van der Waals surface area contributed by atoms with Crippen LogP contribution in [0.1, 0.15) is 20.8 Å². The molecule has 0 radical (unpaired) electrons. The van der Waals surface area contributed by atoms with Crippen LogP contribution in [0.5, 0.6) is 5.75 Å². The molecule has 31 heavy (non-hydrogen) atoms. The Morgan fingerprint density at radius 3 is 2.48 bits per heavy atom. The van der Waals surface area contributed by atoms with E-state index in [1.54, 1.807) is 23.6 Å². The first kappa shape index (κ1) is 22.0. The summed E-state index contributed by atoms with van der Waals surface area (Å²) < 4.78 is 5.42. The second-order valence-corrected chi connectivity index (χ2v) is 7.78. The lowest BCUT2D eigenvalue weighted by atomic mass is 10.1. The molecule has 1 aromatic heterocycles. The highest BCUT2D eigenvalue weighted by Gasteiger charge is 2.23. The van der Waals surface area contributed by atoms with Crippen LogP contribution >= 0.6 is 11.3 Å². The summed E-state index contributed by atoms with van der Waals surface area (Å²) in [4.78, 5) is 37.7. The highest BCUT2D eigenvalue weighted by atomic mass is 32.1. The summed E-state index contributed by atoms with van der Waals surface area (Å²) >= 11 is 1.28. The van der Waals surface area contributed by atoms with Crippen molar-refractivity contribution in [1.82, 2.24) is 16.2 Å². The maximum atomic E-state index is 12.7. The van der Waals surface area contributed by atoms with Crippen LogP contribution in [0.3, 0.4) is 0 Å². The van der Waals surface area contributed by atoms with Crippen LogP contribution in [0, 0.1) is 6.92 Å². The number of hydrazine groups is 1. The Kier molecular flexibility index (Phi) is 7.78. The molecule has 160 valence electrons. The van der Waals surface area contributed by atoms with Crippen LogP contribution in [-0.4, -0.2) is 30.4 Å². The topological polar surface area (TPSA) is 96.5 Å². The van der Waals surface area contributed by atoms with E-state index in [1.807, 2.05) is 55.5 Å². The van der Waals surface area contributed by atoms with E-state index in [4.69, 9.17) is 4.74 Å². The molecule has 0 unspecified atom stereocenters. The van der Waals surface area contributed by atoms with Crippen molar-refractivity contribution in [1.29, 1.82) is 0 Å². The van der Waals surface area contributed by atoms with Gasteiger partial charge >= 0.3 is 0 Å². The molecule has 7 nitrogen and oxygen atoms in total. The first-order chi connectivity index (χ1) is 15.0. The van der Waals surface area contributed by atoms with Crippen LogP contribution in [0.25, 0.3) is 0 Å². The zero-order chi connectivity index (χ0) is 22.1. The van der Waals surface area contributed by atoms with Crippen LogP contribution in [0.2, 0.25) is 0 Å². The molecular weight excluding hydrogens is 414 g/mol. The van der Waals surface area contributed by atoms with Gasteiger partial charge in [0.25, 0.3) is 17.7 Å². The Bertz CT molecular complexity index is 1020. The van der Waals surface area contributed by atoms with Crippen LogP contribution in [0.15, 0.2) is 72.1 Å². The summed E-state index contributed by atoms with van der Waals surface area (Å²) in [6, 6.07) is 19.2. The van der Waals surface area contributed by atoms with Gasteiger partial charge in [-0.05, 0) is 41.6 Å². The third-order valence-electron chi connectivity index (χ3n) is 4.33. The number of carbonyl (C=O) groups excluding carboxylic acids is 3. The molecular formula is C23H23N3O4S. The fourth-order valence-electron chi connectivity index (χ4n) is 2.80. The largest absolute Gasteiger partial charge is 0.484 e. The highest BCUT2D eigenvalue weighted by Crippen LogP contribution is 2.12. The first-order valence-corrected chi connectivity index (χ1v) is 10.6. The van der Waals surface area contributed by atoms with Crippen molar-refractivity contribution < 1.29 is 19.1 Å². The lowest BCUT2D eigenvalue weighted by Crippen LogP contribution is -2.53. The van der Waals surface area contributed by atoms with E-state index in [9.17, 15) is 14.4 Å². The molecule has 3 amide bonds. The summed E-state index contributed by atoms with van der Waals surface area (Å²) in [7, 11) is 0. The molecule has 0 saturated carbocycles. The number of hydrogen-bond donors (Lipinski definition) is 3. The quantitative estimate of drug-likeness (QED) is 0.472. The Balaban J connectivity index is 1.56. The molecule has 1 heterocycles. The molecule has 3 aromatic rings. The van der Waals surface area contributed by atoms with E-state index < -0.39 is 17.9 Å². The van der Waals surface area contributed by atoms with Gasteiger partial charge in [0.15, 0.2) is 6.61 Å². The van der Waals surface area contributed by atoms with Gasteiger partial charge in [-0.3, -0.25) is 25.2 Å². The molecule has 0 spiro atoms. The lowest BCUT2D eigenvalue weighted by molar-refractivity contribution is -0.130. The average molecular weight is 438 g/mol. The zero-order valence-electron chi connectivity index (χ0n) is 17.0. The first-order valence-electron chi connectivity index (χ1n) is 9.68. The van der Waals surface area contributed by atoms with Gasteiger partial charge in [-0.2, -0.15) is 0 Å². The zero-order valence-corrected chi connectivity index (χ0v) is 17.8. The molecule has 3 rings (SSSR count). The van der Waals surface area contributed by atoms with Crippen molar-refractivity contribution >= 4 is 29.1 Å². The van der Waals surface area contributed by atoms with Gasteiger partial charge in [0.05, 0.1) is 4.88 Å². The van der Waals surface area contributed by atoms with E-state index in [1.165, 1.54) is 11.3 Å². The van der Waals surface area contributed by atoms with Crippen molar-refractivity contribution in [2.75, 3.05) is 6.61 Å². The Morgan fingerprint density at radius 2 is 1.77 bits per heavy atom. The maximum absolute atomic E-state index is 12.7. The van der Waals surface area contributed by atoms with E-state index in [0.29, 0.717) is 10.6 Å². The number of benzene rings is 2. The number of thiophene rings is 1. The maximum Gasteiger partial charge on any atom is 0.276 e.